The van der Waals surface area contributed by atoms with Crippen LogP contribution < -0.4 is 0 Å². The summed E-state index contributed by atoms with van der Waals surface area (Å²) in [5.41, 5.74) is 10.4. The van der Waals surface area contributed by atoms with Crippen LogP contribution in [0, 0.1) is 0 Å². The first kappa shape index (κ1) is 27.1. The van der Waals surface area contributed by atoms with Crippen molar-refractivity contribution in [2.45, 2.75) is 47.0 Å². The van der Waals surface area contributed by atoms with Crippen molar-refractivity contribution in [3.05, 3.63) is 93.0 Å². The van der Waals surface area contributed by atoms with Crippen LogP contribution >= 0.6 is 39.7 Å². The van der Waals surface area contributed by atoms with Gasteiger partial charge < -0.3 is 0 Å². The summed E-state index contributed by atoms with van der Waals surface area (Å²) in [5.74, 6) is -1.57. The molecule has 0 saturated heterocycles. The number of hydrogen-bond donors (Lipinski definition) is 0. The Morgan fingerprint density at radius 1 is 0.763 bits per heavy atom. The van der Waals surface area contributed by atoms with E-state index in [4.69, 9.17) is 17.0 Å². The molecule has 6 rings (SSSR count). The Balaban J connectivity index is 1.60. The molecule has 2 heterocycles. The Bertz CT molecular complexity index is 1460. The number of halogens is 2. The van der Waals surface area contributed by atoms with Gasteiger partial charge in [0.2, 0.25) is 0 Å². The van der Waals surface area contributed by atoms with Crippen molar-refractivity contribution in [1.82, 2.24) is 9.97 Å². The zero-order valence-electron chi connectivity index (χ0n) is 22.0. The first-order valence-corrected chi connectivity index (χ1v) is 31.4. The van der Waals surface area contributed by atoms with Gasteiger partial charge in [0.05, 0.1) is 0 Å². The van der Waals surface area contributed by atoms with Gasteiger partial charge in [0.1, 0.15) is 0 Å². The normalized spacial score (nSPS) is 19.6. The first-order valence-electron chi connectivity index (χ1n) is 13.3. The van der Waals surface area contributed by atoms with Gasteiger partial charge in [0, 0.05) is 0 Å². The molecular weight excluding hydrogens is 643 g/mol. The number of hydrogen-bond acceptors (Lipinski definition) is 4. The van der Waals surface area contributed by atoms with E-state index in [2.05, 4.69) is 96.2 Å². The Hall–Kier alpha value is -1.14. The van der Waals surface area contributed by atoms with Crippen molar-refractivity contribution in [2.24, 2.45) is 0 Å². The van der Waals surface area contributed by atoms with Crippen molar-refractivity contribution in [3.63, 3.8) is 0 Å². The van der Waals surface area contributed by atoms with Gasteiger partial charge in [0.25, 0.3) is 0 Å². The molecule has 2 aliphatic carbocycles. The summed E-state index contributed by atoms with van der Waals surface area (Å²) in [7, 11) is 16.9. The van der Waals surface area contributed by atoms with Gasteiger partial charge in [-0.25, -0.2) is 0 Å². The summed E-state index contributed by atoms with van der Waals surface area (Å²) in [6, 6.07) is 13.3. The molecule has 8 heteroatoms. The fourth-order valence-electron chi connectivity index (χ4n) is 6.76. The van der Waals surface area contributed by atoms with Gasteiger partial charge in [-0.2, -0.15) is 0 Å². The van der Waals surface area contributed by atoms with Crippen LogP contribution in [0.15, 0.2) is 70.7 Å². The van der Waals surface area contributed by atoms with E-state index in [1.165, 1.54) is 44.5 Å². The van der Waals surface area contributed by atoms with Crippen molar-refractivity contribution < 1.29 is 15.6 Å². The molecule has 2 aromatic heterocycles. The van der Waals surface area contributed by atoms with E-state index in [1.807, 2.05) is 12.4 Å². The molecule has 2 nitrogen and oxygen atoms in total. The summed E-state index contributed by atoms with van der Waals surface area (Å²) >= 11 is -1.31. The third-order valence-electron chi connectivity index (χ3n) is 8.65. The summed E-state index contributed by atoms with van der Waals surface area (Å²) < 4.78 is 0.224. The Morgan fingerprint density at radius 3 is 1.55 bits per heavy atom. The molecule has 195 valence electrons. The predicted octanol–water partition coefficient (Wildman–Crippen LogP) is 10.3. The maximum atomic E-state index is 8.43. The summed E-state index contributed by atoms with van der Waals surface area (Å²) in [5, 5.41) is 6.22. The molecule has 0 bridgehead atoms. The molecule has 0 N–H and O–H groups in total. The first-order chi connectivity index (χ1) is 18.3. The molecule has 2 unspecified atom stereocenters. The minimum atomic E-state index is -4.69. The Morgan fingerprint density at radius 2 is 1.21 bits per heavy atom. The number of fused-ring (bicyclic) bond motifs is 2. The van der Waals surface area contributed by atoms with Gasteiger partial charge in [-0.1, -0.05) is 0 Å². The van der Waals surface area contributed by atoms with Gasteiger partial charge in [-0.3, -0.25) is 0 Å². The average Bonchev–Trinajstić information content (AvgIpc) is 3.72. The molecule has 0 spiro atoms. The number of rotatable bonds is 7. The Labute approximate surface area is 242 Å². The second-order valence-electron chi connectivity index (χ2n) is 10.7. The van der Waals surface area contributed by atoms with E-state index in [-0.39, 0.29) is 7.25 Å². The van der Waals surface area contributed by atoms with Crippen LogP contribution in [0.1, 0.15) is 56.2 Å². The molecule has 38 heavy (non-hydrogen) atoms. The predicted molar refractivity (Wildman–Crippen MR) is 168 cm³/mol. The van der Waals surface area contributed by atoms with Crippen LogP contribution in [0.3, 0.4) is 0 Å². The molecule has 0 fully saturated rings. The number of aromatic nitrogens is 2. The van der Waals surface area contributed by atoms with Crippen molar-refractivity contribution in [3.8, 4) is 21.1 Å². The van der Waals surface area contributed by atoms with Gasteiger partial charge in [0.15, 0.2) is 0 Å². The molecule has 2 aliphatic rings. The molecule has 0 radical (unpaired) electrons. The molecular formula is C30H31Cl2N2S2SiZr. The minimum absolute atomic E-state index is 0.112. The quantitative estimate of drug-likeness (QED) is 0.183. The topological polar surface area (TPSA) is 25.8 Å². The van der Waals surface area contributed by atoms with Crippen molar-refractivity contribution in [2.75, 3.05) is 0 Å². The standard InChI is InChI=1S/2C14H12NS.C2H7Si.2ClH.Zr/c2*1-2-10-8-11-4-3-5-12(13(11)9-10)14-15-6-7-16-14;1-3-2;;;/h2*3-9H,2H2,1H3;3H,1-2H3;2*1H;/q;;;;;+2/p-2. The van der Waals surface area contributed by atoms with E-state index in [9.17, 15) is 0 Å². The van der Waals surface area contributed by atoms with Crippen LogP contribution in [-0.2, 0) is 15.6 Å². The monoisotopic (exact) mass is 671 g/mol. The van der Waals surface area contributed by atoms with Gasteiger partial charge in [-0.15, -0.1) is 0 Å². The summed E-state index contributed by atoms with van der Waals surface area (Å²) in [6.45, 7) is 9.35. The molecule has 0 amide bonds. The molecule has 0 saturated carbocycles. The summed E-state index contributed by atoms with van der Waals surface area (Å²) in [4.78, 5) is 9.31. The van der Waals surface area contributed by atoms with Crippen LogP contribution in [0.5, 0.6) is 0 Å². The molecule has 2 atom stereocenters. The molecule has 4 aromatic rings. The SMILES string of the molecule is CCC1=Cc2c(-c3nccs3)cccc2[CH]1[Zr]([Cl])([Cl])([CH]1C(CC)=Cc2c(-c3nccs3)cccc21)[SiH](C)C. The second kappa shape index (κ2) is 10.0. The van der Waals surface area contributed by atoms with E-state index in [0.29, 0.717) is 0 Å². The summed E-state index contributed by atoms with van der Waals surface area (Å²) in [6.07, 6.45) is 10.5. The van der Waals surface area contributed by atoms with E-state index in [0.717, 1.165) is 22.9 Å². The molecule has 0 aliphatic heterocycles. The third kappa shape index (κ3) is 3.93. The fraction of sp³-hybridized carbons (Fsp3) is 0.267. The van der Waals surface area contributed by atoms with Crippen LogP contribution in [0.4, 0.5) is 0 Å². The Kier molecular flexibility index (Phi) is 7.15. The fourth-order valence-corrected chi connectivity index (χ4v) is 39.9. The van der Waals surface area contributed by atoms with Crippen LogP contribution in [-0.4, -0.2) is 15.9 Å². The van der Waals surface area contributed by atoms with Crippen molar-refractivity contribution in [1.29, 1.82) is 0 Å². The zero-order valence-corrected chi connectivity index (χ0v) is 28.8. The van der Waals surface area contributed by atoms with Gasteiger partial charge >= 0.3 is 244 Å². The number of nitrogens with zero attached hydrogens (tertiary/aromatic N) is 2. The number of thiazole rings is 2. The van der Waals surface area contributed by atoms with Crippen LogP contribution in [0.25, 0.3) is 33.3 Å². The average molecular weight is 674 g/mol. The molecule has 2 aromatic carbocycles. The zero-order chi connectivity index (χ0) is 26.7. The van der Waals surface area contributed by atoms with Crippen molar-refractivity contribution >= 4 is 57.8 Å². The van der Waals surface area contributed by atoms with E-state index < -0.39 is 21.5 Å². The van der Waals surface area contributed by atoms with E-state index >= 15 is 0 Å². The van der Waals surface area contributed by atoms with Crippen LogP contribution in [0.2, 0.25) is 13.1 Å². The second-order valence-corrected chi connectivity index (χ2v) is 55.0. The third-order valence-corrected chi connectivity index (χ3v) is 62.1. The van der Waals surface area contributed by atoms with Gasteiger partial charge in [-0.05, 0) is 0 Å². The number of allylic oxidation sites excluding steroid dienone is 2. The maximum absolute atomic E-state index is 8.43. The van der Waals surface area contributed by atoms with E-state index in [1.54, 1.807) is 22.7 Å². The number of benzene rings is 2.